The third kappa shape index (κ3) is 2.82. The lowest BCUT2D eigenvalue weighted by molar-refractivity contribution is -0.139. The molecule has 2 bridgehead atoms. The maximum Gasteiger partial charge on any atom is 0.317 e. The topological polar surface area (TPSA) is 72.9 Å². The fourth-order valence-electron chi connectivity index (χ4n) is 6.24. The number of fused-ring (bicyclic) bond motifs is 5. The monoisotopic (exact) mass is 349 g/mol. The van der Waals surface area contributed by atoms with Gasteiger partial charge in [0, 0.05) is 25.2 Å². The van der Waals surface area contributed by atoms with E-state index in [9.17, 15) is 9.59 Å². The second kappa shape index (κ2) is 6.15. The molecule has 6 nitrogen and oxygen atoms in total. The van der Waals surface area contributed by atoms with Crippen molar-refractivity contribution in [3.63, 3.8) is 0 Å². The normalized spacial score (nSPS) is 41.7. The summed E-state index contributed by atoms with van der Waals surface area (Å²) in [6.45, 7) is 7.08. The molecule has 4 rings (SSSR count). The first-order chi connectivity index (χ1) is 11.9. The molecule has 1 unspecified atom stereocenters. The Morgan fingerprint density at radius 1 is 1.28 bits per heavy atom. The summed E-state index contributed by atoms with van der Waals surface area (Å²) in [5, 5.41) is 12.2. The minimum Gasteiger partial charge on any atom is -0.480 e. The number of hydrogen-bond acceptors (Lipinski definition) is 3. The zero-order valence-corrected chi connectivity index (χ0v) is 15.4. The molecule has 0 aromatic carbocycles. The van der Waals surface area contributed by atoms with Gasteiger partial charge in [-0.05, 0) is 61.8 Å². The Balaban J connectivity index is 1.27. The van der Waals surface area contributed by atoms with Gasteiger partial charge in [-0.2, -0.15) is 0 Å². The predicted molar refractivity (Wildman–Crippen MR) is 94.2 cm³/mol. The van der Waals surface area contributed by atoms with E-state index in [1.165, 1.54) is 19.3 Å². The standard InChI is InChI=1S/C19H31N3O3/c1-3-21(10-17(23)24)15-7-14(8-15)20-18(25)22-9-16-12-4-5-13(6-12)19(16,2)11-22/h12-16H,3-11H2,1-2H3,(H,20,25)(H,23,24)/t12-,13+,14?,15?,16?,19-/m1/s1. The summed E-state index contributed by atoms with van der Waals surface area (Å²) in [4.78, 5) is 27.6. The summed E-state index contributed by atoms with van der Waals surface area (Å²) in [7, 11) is 0. The van der Waals surface area contributed by atoms with Gasteiger partial charge in [0.25, 0.3) is 0 Å². The maximum atomic E-state index is 12.7. The van der Waals surface area contributed by atoms with Crippen molar-refractivity contribution in [1.29, 1.82) is 0 Å². The van der Waals surface area contributed by atoms with Gasteiger partial charge in [0.15, 0.2) is 0 Å². The Kier molecular flexibility index (Phi) is 4.21. The van der Waals surface area contributed by atoms with Crippen LogP contribution in [0.5, 0.6) is 0 Å². The van der Waals surface area contributed by atoms with Crippen molar-refractivity contribution in [2.45, 2.75) is 58.0 Å². The molecule has 1 aliphatic heterocycles. The van der Waals surface area contributed by atoms with Crippen LogP contribution in [0.1, 0.15) is 46.0 Å². The first-order valence-electron chi connectivity index (χ1n) is 9.92. The Morgan fingerprint density at radius 2 is 2.04 bits per heavy atom. The molecule has 3 aliphatic carbocycles. The highest BCUT2D eigenvalue weighted by Gasteiger charge is 2.60. The Bertz CT molecular complexity index is 562. The molecule has 0 aromatic heterocycles. The molecular weight excluding hydrogens is 318 g/mol. The van der Waals surface area contributed by atoms with Crippen LogP contribution in [0.4, 0.5) is 4.79 Å². The van der Waals surface area contributed by atoms with E-state index >= 15 is 0 Å². The number of aliphatic carboxylic acids is 1. The predicted octanol–water partition coefficient (Wildman–Crippen LogP) is 2.00. The average Bonchev–Trinajstić information content (AvgIpc) is 3.18. The molecular formula is C19H31N3O3. The van der Waals surface area contributed by atoms with Gasteiger partial charge in [0.1, 0.15) is 0 Å². The molecule has 6 heteroatoms. The fourth-order valence-corrected chi connectivity index (χ4v) is 6.24. The second-order valence-corrected chi connectivity index (χ2v) is 8.99. The zero-order valence-electron chi connectivity index (χ0n) is 15.4. The molecule has 4 fully saturated rings. The number of amides is 2. The highest BCUT2D eigenvalue weighted by molar-refractivity contribution is 5.75. The third-order valence-corrected chi connectivity index (χ3v) is 7.76. The van der Waals surface area contributed by atoms with E-state index in [2.05, 4.69) is 17.1 Å². The summed E-state index contributed by atoms with van der Waals surface area (Å²) in [5.41, 5.74) is 0.350. The second-order valence-electron chi connectivity index (χ2n) is 8.99. The number of rotatable bonds is 5. The van der Waals surface area contributed by atoms with Gasteiger partial charge in [-0.25, -0.2) is 4.79 Å². The van der Waals surface area contributed by atoms with Gasteiger partial charge in [-0.1, -0.05) is 13.8 Å². The van der Waals surface area contributed by atoms with Crippen molar-refractivity contribution in [1.82, 2.24) is 15.1 Å². The number of nitrogens with zero attached hydrogens (tertiary/aromatic N) is 2. The van der Waals surface area contributed by atoms with E-state index in [4.69, 9.17) is 5.11 Å². The van der Waals surface area contributed by atoms with Crippen LogP contribution in [0, 0.1) is 23.2 Å². The smallest absolute Gasteiger partial charge is 0.317 e. The van der Waals surface area contributed by atoms with Crippen LogP contribution in [0.25, 0.3) is 0 Å². The average molecular weight is 349 g/mol. The molecule has 140 valence electrons. The number of nitrogens with one attached hydrogen (secondary N) is 1. The van der Waals surface area contributed by atoms with Crippen LogP contribution in [-0.2, 0) is 4.79 Å². The van der Waals surface area contributed by atoms with Gasteiger partial charge >= 0.3 is 12.0 Å². The summed E-state index contributed by atoms with van der Waals surface area (Å²) >= 11 is 0. The Morgan fingerprint density at radius 3 is 2.68 bits per heavy atom. The van der Waals surface area contributed by atoms with Crippen LogP contribution in [0.15, 0.2) is 0 Å². The highest BCUT2D eigenvalue weighted by Crippen LogP contribution is 2.62. The van der Waals surface area contributed by atoms with Gasteiger partial charge in [0.05, 0.1) is 6.54 Å². The summed E-state index contributed by atoms with van der Waals surface area (Å²) in [6.07, 6.45) is 5.84. The lowest BCUT2D eigenvalue weighted by Gasteiger charge is -2.42. The molecule has 1 saturated heterocycles. The Hall–Kier alpha value is -1.30. The van der Waals surface area contributed by atoms with Crippen molar-refractivity contribution in [3.05, 3.63) is 0 Å². The summed E-state index contributed by atoms with van der Waals surface area (Å²) in [5.74, 6) is 1.59. The molecule has 25 heavy (non-hydrogen) atoms. The van der Waals surface area contributed by atoms with E-state index in [1.807, 2.05) is 11.8 Å². The number of likely N-dealkylation sites (N-methyl/N-ethyl adjacent to an activating group) is 1. The molecule has 2 N–H and O–H groups in total. The van der Waals surface area contributed by atoms with E-state index in [1.54, 1.807) is 0 Å². The van der Waals surface area contributed by atoms with Gasteiger partial charge < -0.3 is 15.3 Å². The van der Waals surface area contributed by atoms with Crippen molar-refractivity contribution in [3.8, 4) is 0 Å². The fraction of sp³-hybridized carbons (Fsp3) is 0.895. The zero-order chi connectivity index (χ0) is 17.8. The molecule has 0 radical (unpaired) electrons. The minimum absolute atomic E-state index is 0.0940. The molecule has 4 atom stereocenters. The number of carbonyl (C=O) groups is 2. The summed E-state index contributed by atoms with van der Waals surface area (Å²) < 4.78 is 0. The molecule has 0 aromatic rings. The van der Waals surface area contributed by atoms with Gasteiger partial charge in [-0.3, -0.25) is 9.69 Å². The van der Waals surface area contributed by atoms with Crippen LogP contribution in [-0.4, -0.2) is 65.2 Å². The van der Waals surface area contributed by atoms with Crippen LogP contribution < -0.4 is 5.32 Å². The van der Waals surface area contributed by atoms with Crippen LogP contribution in [0.2, 0.25) is 0 Å². The maximum absolute atomic E-state index is 12.7. The number of likely N-dealkylation sites (tertiary alicyclic amines) is 1. The third-order valence-electron chi connectivity index (χ3n) is 7.76. The van der Waals surface area contributed by atoms with Crippen molar-refractivity contribution >= 4 is 12.0 Å². The highest BCUT2D eigenvalue weighted by atomic mass is 16.4. The van der Waals surface area contributed by atoms with E-state index in [0.717, 1.165) is 44.3 Å². The molecule has 0 spiro atoms. The number of hydrogen-bond donors (Lipinski definition) is 2. The van der Waals surface area contributed by atoms with Crippen molar-refractivity contribution in [2.75, 3.05) is 26.2 Å². The molecule has 2 amide bonds. The number of carboxylic acid groups (broad SMARTS) is 1. The van der Waals surface area contributed by atoms with Crippen molar-refractivity contribution in [2.24, 2.45) is 23.2 Å². The minimum atomic E-state index is -0.777. The van der Waals surface area contributed by atoms with Gasteiger partial charge in [-0.15, -0.1) is 0 Å². The SMILES string of the molecule is CCN(CC(=O)O)C1CC(NC(=O)N2CC3[C@@H]4CC[C@@H](C4)[C@@]3(C)C2)C1. The lowest BCUT2D eigenvalue weighted by Crippen LogP contribution is -2.56. The molecule has 4 aliphatic rings. The summed E-state index contributed by atoms with van der Waals surface area (Å²) in [6, 6.07) is 0.586. The van der Waals surface area contributed by atoms with E-state index in [-0.39, 0.29) is 24.7 Å². The van der Waals surface area contributed by atoms with Crippen LogP contribution >= 0.6 is 0 Å². The van der Waals surface area contributed by atoms with Gasteiger partial charge in [0.2, 0.25) is 0 Å². The quantitative estimate of drug-likeness (QED) is 0.796. The number of urea groups is 1. The molecule has 3 saturated carbocycles. The Labute approximate surface area is 149 Å². The number of carboxylic acids is 1. The lowest BCUT2D eigenvalue weighted by atomic mass is 9.70. The van der Waals surface area contributed by atoms with E-state index in [0.29, 0.717) is 11.3 Å². The largest absolute Gasteiger partial charge is 0.480 e. The van der Waals surface area contributed by atoms with E-state index < -0.39 is 5.97 Å². The first kappa shape index (κ1) is 17.1. The van der Waals surface area contributed by atoms with Crippen LogP contribution in [0.3, 0.4) is 0 Å². The number of carbonyl (C=O) groups excluding carboxylic acids is 1. The van der Waals surface area contributed by atoms with Crippen molar-refractivity contribution < 1.29 is 14.7 Å². The molecule has 1 heterocycles. The first-order valence-corrected chi connectivity index (χ1v) is 9.92.